The topological polar surface area (TPSA) is 9.23 Å². The molecule has 1 nitrogen and oxygen atoms in total. The van der Waals surface area contributed by atoms with Crippen molar-refractivity contribution >= 4 is 0 Å². The second-order valence-corrected chi connectivity index (χ2v) is 5.32. The fourth-order valence-electron chi connectivity index (χ4n) is 2.05. The molecule has 0 N–H and O–H groups in total. The molecule has 22 heavy (non-hydrogen) atoms. The van der Waals surface area contributed by atoms with E-state index in [1.54, 1.807) is 0 Å². The molecule has 0 heterocycles. The Morgan fingerprint density at radius 3 is 2.45 bits per heavy atom. The van der Waals surface area contributed by atoms with Gasteiger partial charge in [0, 0.05) is 0 Å². The molecule has 2 rings (SSSR count). The van der Waals surface area contributed by atoms with Crippen LogP contribution in [0.15, 0.2) is 78.6 Å². The van der Waals surface area contributed by atoms with Gasteiger partial charge >= 0.3 is 0 Å². The normalized spacial score (nSPS) is 20.1. The number of allylic oxidation sites excluding steroid dienone is 6. The van der Waals surface area contributed by atoms with Gasteiger partial charge in [-0.25, -0.2) is 0 Å². The Bertz CT molecular complexity index is 534. The van der Waals surface area contributed by atoms with E-state index in [0.29, 0.717) is 24.2 Å². The van der Waals surface area contributed by atoms with Crippen molar-refractivity contribution < 1.29 is 4.74 Å². The summed E-state index contributed by atoms with van der Waals surface area (Å²) in [5, 5.41) is 0. The van der Waals surface area contributed by atoms with Gasteiger partial charge in [0.05, 0.1) is 0 Å². The van der Waals surface area contributed by atoms with Crippen molar-refractivity contribution in [3.63, 3.8) is 0 Å². The Morgan fingerprint density at radius 1 is 1.14 bits per heavy atom. The zero-order valence-electron chi connectivity index (χ0n) is 14.3. The Balaban J connectivity index is 0.00000116. The molecule has 0 aliphatic heterocycles. The van der Waals surface area contributed by atoms with Crippen LogP contribution in [0.3, 0.4) is 0 Å². The van der Waals surface area contributed by atoms with Gasteiger partial charge < -0.3 is 4.74 Å². The summed E-state index contributed by atoms with van der Waals surface area (Å²) in [6, 6.07) is 10.1. The van der Waals surface area contributed by atoms with Crippen molar-refractivity contribution in [3.05, 3.63) is 84.2 Å². The summed E-state index contributed by atoms with van der Waals surface area (Å²) in [5.41, 5.74) is 2.38. The van der Waals surface area contributed by atoms with E-state index in [1.807, 2.05) is 50.3 Å². The van der Waals surface area contributed by atoms with Crippen LogP contribution in [-0.2, 0) is 11.3 Å². The molecule has 1 aliphatic carbocycles. The van der Waals surface area contributed by atoms with Crippen LogP contribution >= 0.6 is 0 Å². The van der Waals surface area contributed by atoms with Crippen LogP contribution in [0.1, 0.15) is 33.3 Å². The summed E-state index contributed by atoms with van der Waals surface area (Å²) in [7, 11) is 0. The predicted octanol–water partition coefficient (Wildman–Crippen LogP) is 6.07. The maximum absolute atomic E-state index is 5.63. The Labute approximate surface area is 135 Å². The lowest BCUT2D eigenvalue weighted by Gasteiger charge is -2.17. The molecule has 1 aromatic rings. The van der Waals surface area contributed by atoms with Crippen LogP contribution in [0, 0.1) is 11.8 Å². The third kappa shape index (κ3) is 6.17. The first-order chi connectivity index (χ1) is 10.6. The molecule has 0 saturated heterocycles. The molecule has 0 saturated carbocycles. The molecule has 2 atom stereocenters. The summed E-state index contributed by atoms with van der Waals surface area (Å²) in [6.45, 7) is 13.0. The molecule has 0 spiro atoms. The van der Waals surface area contributed by atoms with Gasteiger partial charge in [0.2, 0.25) is 0 Å². The Morgan fingerprint density at radius 2 is 1.82 bits per heavy atom. The third-order valence-corrected chi connectivity index (χ3v) is 3.61. The van der Waals surface area contributed by atoms with Crippen molar-refractivity contribution in [1.29, 1.82) is 0 Å². The highest BCUT2D eigenvalue weighted by molar-refractivity contribution is 5.36. The molecule has 2 unspecified atom stereocenters. The second-order valence-electron chi connectivity index (χ2n) is 5.32. The van der Waals surface area contributed by atoms with E-state index in [4.69, 9.17) is 4.74 Å². The molecule has 0 fully saturated rings. The van der Waals surface area contributed by atoms with Crippen molar-refractivity contribution in [1.82, 2.24) is 0 Å². The molecule has 1 aliphatic rings. The van der Waals surface area contributed by atoms with Crippen molar-refractivity contribution in [2.75, 3.05) is 0 Å². The molecule has 0 amide bonds. The van der Waals surface area contributed by atoms with Gasteiger partial charge in [-0.15, -0.1) is 0 Å². The van der Waals surface area contributed by atoms with E-state index in [2.05, 4.69) is 44.7 Å². The number of hydrogen-bond acceptors (Lipinski definition) is 1. The molecule has 118 valence electrons. The fraction of sp³-hybridized carbons (Fsp3) is 0.333. The Hall–Kier alpha value is -2.02. The van der Waals surface area contributed by atoms with E-state index in [0.717, 1.165) is 5.56 Å². The van der Waals surface area contributed by atoms with Crippen LogP contribution in [0.25, 0.3) is 0 Å². The Kier molecular flexibility index (Phi) is 8.06. The van der Waals surface area contributed by atoms with E-state index < -0.39 is 0 Å². The van der Waals surface area contributed by atoms with E-state index >= 15 is 0 Å². The van der Waals surface area contributed by atoms with Gasteiger partial charge in [0.15, 0.2) is 0 Å². The molecule has 0 bridgehead atoms. The average molecular weight is 296 g/mol. The zero-order chi connectivity index (χ0) is 16.4. The minimum atomic E-state index is 0.562. The number of rotatable bonds is 5. The number of hydrogen-bond donors (Lipinski definition) is 0. The smallest absolute Gasteiger partial charge is 0.113 e. The molecule has 0 aromatic heterocycles. The molecule has 0 radical (unpaired) electrons. The lowest BCUT2D eigenvalue weighted by Crippen LogP contribution is -2.05. The summed E-state index contributed by atoms with van der Waals surface area (Å²) in [6.07, 6.45) is 10.7. The highest BCUT2D eigenvalue weighted by atomic mass is 16.5. The van der Waals surface area contributed by atoms with Crippen molar-refractivity contribution in [2.45, 2.75) is 34.3 Å². The van der Waals surface area contributed by atoms with Gasteiger partial charge in [0.1, 0.15) is 12.4 Å². The van der Waals surface area contributed by atoms with Gasteiger partial charge in [-0.3, -0.25) is 0 Å². The number of benzene rings is 1. The molecule has 1 heteroatoms. The van der Waals surface area contributed by atoms with Crippen LogP contribution in [0.5, 0.6) is 0 Å². The van der Waals surface area contributed by atoms with Gasteiger partial charge in [-0.05, 0) is 29.0 Å². The average Bonchev–Trinajstić information content (AvgIpc) is 2.57. The molecular formula is C21H28O. The van der Waals surface area contributed by atoms with Gasteiger partial charge in [-0.2, -0.15) is 0 Å². The second kappa shape index (κ2) is 9.83. The summed E-state index contributed by atoms with van der Waals surface area (Å²) < 4.78 is 5.63. The van der Waals surface area contributed by atoms with Crippen molar-refractivity contribution in [2.24, 2.45) is 11.8 Å². The minimum Gasteiger partial charge on any atom is -0.490 e. The molecular weight excluding hydrogens is 268 g/mol. The van der Waals surface area contributed by atoms with Crippen LogP contribution in [0.2, 0.25) is 0 Å². The fourth-order valence-corrected chi connectivity index (χ4v) is 2.05. The van der Waals surface area contributed by atoms with Gasteiger partial charge in [-0.1, -0.05) is 88.9 Å². The monoisotopic (exact) mass is 296 g/mol. The van der Waals surface area contributed by atoms with Crippen LogP contribution < -0.4 is 0 Å². The van der Waals surface area contributed by atoms with Crippen molar-refractivity contribution in [3.8, 4) is 0 Å². The maximum atomic E-state index is 5.63. The highest BCUT2D eigenvalue weighted by Crippen LogP contribution is 2.22. The first-order valence-corrected chi connectivity index (χ1v) is 8.09. The van der Waals surface area contributed by atoms with E-state index in [9.17, 15) is 0 Å². The predicted molar refractivity (Wildman–Crippen MR) is 96.4 cm³/mol. The highest BCUT2D eigenvalue weighted by Gasteiger charge is 2.10. The third-order valence-electron chi connectivity index (χ3n) is 3.61. The number of ether oxygens (including phenoxy) is 1. The van der Waals surface area contributed by atoms with Gasteiger partial charge in [0.25, 0.3) is 0 Å². The first kappa shape index (κ1) is 18.0. The van der Waals surface area contributed by atoms with Crippen LogP contribution in [0.4, 0.5) is 0 Å². The first-order valence-electron chi connectivity index (χ1n) is 8.09. The SMILES string of the molecule is C=C(/C=C/C1=CC(C)C(C)C=C1)OCc1ccccc1.CC. The summed E-state index contributed by atoms with van der Waals surface area (Å²) >= 11 is 0. The minimum absolute atomic E-state index is 0.562. The molecule has 1 aromatic carbocycles. The standard InChI is InChI=1S/C19H22O.C2H6/c1-15-9-11-18(13-16(15)2)12-10-17(3)20-14-19-7-5-4-6-8-19;1-2/h4-13,15-16H,3,14H2,1-2H3;1-2H3/b12-10+;. The quantitative estimate of drug-likeness (QED) is 0.473. The van der Waals surface area contributed by atoms with E-state index in [1.165, 1.54) is 5.57 Å². The summed E-state index contributed by atoms with van der Waals surface area (Å²) in [5.74, 6) is 1.89. The zero-order valence-corrected chi connectivity index (χ0v) is 14.3. The van der Waals surface area contributed by atoms with Crippen LogP contribution in [-0.4, -0.2) is 0 Å². The summed E-state index contributed by atoms with van der Waals surface area (Å²) in [4.78, 5) is 0. The lowest BCUT2D eigenvalue weighted by molar-refractivity contribution is 0.212. The lowest BCUT2D eigenvalue weighted by atomic mass is 9.88. The van der Waals surface area contributed by atoms with E-state index in [-0.39, 0.29) is 0 Å². The maximum Gasteiger partial charge on any atom is 0.113 e. The largest absolute Gasteiger partial charge is 0.490 e.